The molecule has 1 fully saturated rings. The number of aldehydes is 1. The van der Waals surface area contributed by atoms with Crippen LogP contribution in [0.4, 0.5) is 16.0 Å². The predicted octanol–water partition coefficient (Wildman–Crippen LogP) is 3.37. The molecule has 0 bridgehead atoms. The van der Waals surface area contributed by atoms with Crippen LogP contribution in [0.15, 0.2) is 36.7 Å². The van der Waals surface area contributed by atoms with Crippen molar-refractivity contribution < 1.29 is 14.0 Å². The number of anilines is 2. The SMILES string of the molecule is CNc1ncc(C#Cc2ccc(C=O)cc2F)c2cc(NC(=O)C3CC3)ncc12. The van der Waals surface area contributed by atoms with Gasteiger partial charge >= 0.3 is 0 Å². The summed E-state index contributed by atoms with van der Waals surface area (Å²) < 4.78 is 14.1. The van der Waals surface area contributed by atoms with E-state index in [-0.39, 0.29) is 23.0 Å². The van der Waals surface area contributed by atoms with Gasteiger partial charge in [0.25, 0.3) is 0 Å². The maximum absolute atomic E-state index is 14.1. The molecule has 0 radical (unpaired) electrons. The van der Waals surface area contributed by atoms with E-state index in [9.17, 15) is 14.0 Å². The van der Waals surface area contributed by atoms with Crippen molar-refractivity contribution in [3.63, 3.8) is 0 Å². The van der Waals surface area contributed by atoms with Crippen molar-refractivity contribution in [1.29, 1.82) is 0 Å². The van der Waals surface area contributed by atoms with E-state index in [2.05, 4.69) is 32.4 Å². The van der Waals surface area contributed by atoms with E-state index >= 15 is 0 Å². The third-order valence-electron chi connectivity index (χ3n) is 4.67. The first-order valence-corrected chi connectivity index (χ1v) is 9.13. The molecule has 2 heterocycles. The van der Waals surface area contributed by atoms with Crippen molar-refractivity contribution in [2.24, 2.45) is 5.92 Å². The molecule has 144 valence electrons. The number of nitrogens with one attached hydrogen (secondary N) is 2. The highest BCUT2D eigenvalue weighted by atomic mass is 19.1. The summed E-state index contributed by atoms with van der Waals surface area (Å²) in [6, 6.07) is 5.86. The van der Waals surface area contributed by atoms with E-state index in [1.807, 2.05) is 0 Å². The lowest BCUT2D eigenvalue weighted by Crippen LogP contribution is -2.14. The summed E-state index contributed by atoms with van der Waals surface area (Å²) in [5.41, 5.74) is 1.00. The van der Waals surface area contributed by atoms with Crippen LogP contribution in [0, 0.1) is 23.6 Å². The Morgan fingerprint density at radius 1 is 1.14 bits per heavy atom. The standard InChI is InChI=1S/C22H17FN4O2/c1-24-21-18-11-25-20(27-22(29)15-5-6-15)9-17(18)16(10-26-21)7-4-14-3-2-13(12-28)8-19(14)23/h2-3,8-12,15H,5-6H2,1H3,(H,24,26)(H,25,27,29). The molecule has 1 saturated carbocycles. The highest BCUT2D eigenvalue weighted by molar-refractivity contribution is 5.99. The molecule has 0 unspecified atom stereocenters. The molecule has 2 N–H and O–H groups in total. The van der Waals surface area contributed by atoms with Crippen molar-refractivity contribution in [3.8, 4) is 11.8 Å². The van der Waals surface area contributed by atoms with Crippen LogP contribution in [0.5, 0.6) is 0 Å². The zero-order valence-electron chi connectivity index (χ0n) is 15.6. The first-order valence-electron chi connectivity index (χ1n) is 9.13. The summed E-state index contributed by atoms with van der Waals surface area (Å²) in [7, 11) is 1.75. The summed E-state index contributed by atoms with van der Waals surface area (Å²) in [4.78, 5) is 31.4. The van der Waals surface area contributed by atoms with E-state index in [0.29, 0.717) is 23.5 Å². The van der Waals surface area contributed by atoms with Crippen molar-refractivity contribution in [2.45, 2.75) is 12.8 Å². The maximum atomic E-state index is 14.1. The first-order chi connectivity index (χ1) is 14.1. The van der Waals surface area contributed by atoms with Gasteiger partial charge in [-0.15, -0.1) is 0 Å². The van der Waals surface area contributed by atoms with Crippen LogP contribution >= 0.6 is 0 Å². The lowest BCUT2D eigenvalue weighted by Gasteiger charge is -2.09. The van der Waals surface area contributed by atoms with Gasteiger partial charge < -0.3 is 10.6 Å². The van der Waals surface area contributed by atoms with Crippen molar-refractivity contribution in [1.82, 2.24) is 9.97 Å². The fourth-order valence-electron chi connectivity index (χ4n) is 2.92. The number of halogens is 1. The smallest absolute Gasteiger partial charge is 0.228 e. The van der Waals surface area contributed by atoms with Gasteiger partial charge in [-0.05, 0) is 31.0 Å². The molecular weight excluding hydrogens is 371 g/mol. The second-order valence-electron chi connectivity index (χ2n) is 6.76. The molecule has 4 rings (SSSR count). The number of hydrogen-bond acceptors (Lipinski definition) is 5. The monoisotopic (exact) mass is 388 g/mol. The number of carbonyl (C=O) groups excluding carboxylic acids is 2. The van der Waals surface area contributed by atoms with Crippen LogP contribution in [0.1, 0.15) is 34.3 Å². The summed E-state index contributed by atoms with van der Waals surface area (Å²) in [6.07, 6.45) is 5.60. The molecule has 0 atom stereocenters. The van der Waals surface area contributed by atoms with Crippen molar-refractivity contribution in [2.75, 3.05) is 17.7 Å². The third kappa shape index (κ3) is 3.92. The molecule has 1 aliphatic carbocycles. The van der Waals surface area contributed by atoms with Gasteiger partial charge in [-0.1, -0.05) is 17.9 Å². The molecule has 1 amide bonds. The Hall–Kier alpha value is -3.79. The number of pyridine rings is 2. The summed E-state index contributed by atoms with van der Waals surface area (Å²) >= 11 is 0. The van der Waals surface area contributed by atoms with Gasteiger partial charge in [0.15, 0.2) is 0 Å². The number of hydrogen-bond donors (Lipinski definition) is 2. The van der Waals surface area contributed by atoms with E-state index in [1.165, 1.54) is 12.1 Å². The Balaban J connectivity index is 1.75. The van der Waals surface area contributed by atoms with Gasteiger partial charge in [0.1, 0.15) is 23.7 Å². The fraction of sp³-hybridized carbons (Fsp3) is 0.182. The Labute approximate surface area is 166 Å². The Kier molecular flexibility index (Phi) is 4.92. The molecule has 1 aromatic carbocycles. The normalized spacial score (nSPS) is 12.8. The number of carbonyl (C=O) groups is 2. The van der Waals surface area contributed by atoms with Crippen molar-refractivity contribution in [3.05, 3.63) is 59.2 Å². The molecule has 3 aromatic rings. The molecule has 6 nitrogen and oxygen atoms in total. The van der Waals surface area contributed by atoms with Crippen LogP contribution in [-0.4, -0.2) is 29.2 Å². The van der Waals surface area contributed by atoms with Gasteiger partial charge in [0, 0.05) is 41.7 Å². The second kappa shape index (κ2) is 7.68. The number of aromatic nitrogens is 2. The van der Waals surface area contributed by atoms with E-state index < -0.39 is 5.82 Å². The Morgan fingerprint density at radius 2 is 1.93 bits per heavy atom. The molecule has 29 heavy (non-hydrogen) atoms. The number of benzene rings is 1. The highest BCUT2D eigenvalue weighted by Gasteiger charge is 2.29. The third-order valence-corrected chi connectivity index (χ3v) is 4.67. The van der Waals surface area contributed by atoms with E-state index in [4.69, 9.17) is 0 Å². The molecular formula is C22H17FN4O2. The largest absolute Gasteiger partial charge is 0.373 e. The first kappa shape index (κ1) is 18.6. The summed E-state index contributed by atoms with van der Waals surface area (Å²) in [6.45, 7) is 0. The van der Waals surface area contributed by atoms with Gasteiger partial charge in [-0.25, -0.2) is 14.4 Å². The quantitative estimate of drug-likeness (QED) is 0.529. The lowest BCUT2D eigenvalue weighted by atomic mass is 10.1. The molecule has 0 saturated heterocycles. The van der Waals surface area contributed by atoms with E-state index in [0.717, 1.165) is 29.7 Å². The van der Waals surface area contributed by atoms with Crippen LogP contribution in [0.25, 0.3) is 10.8 Å². The zero-order valence-corrected chi connectivity index (χ0v) is 15.6. The van der Waals surface area contributed by atoms with Crippen LogP contribution in [0.2, 0.25) is 0 Å². The molecule has 2 aromatic heterocycles. The minimum Gasteiger partial charge on any atom is -0.373 e. The predicted molar refractivity (Wildman–Crippen MR) is 108 cm³/mol. The van der Waals surface area contributed by atoms with Gasteiger partial charge in [0.05, 0.1) is 11.1 Å². The topological polar surface area (TPSA) is 84.0 Å². The number of fused-ring (bicyclic) bond motifs is 1. The zero-order chi connectivity index (χ0) is 20.4. The van der Waals surface area contributed by atoms with E-state index in [1.54, 1.807) is 25.5 Å². The molecule has 0 spiro atoms. The molecule has 1 aliphatic rings. The average molecular weight is 388 g/mol. The summed E-state index contributed by atoms with van der Waals surface area (Å²) in [5, 5.41) is 7.30. The fourth-order valence-corrected chi connectivity index (χ4v) is 2.92. The Bertz CT molecular complexity index is 1190. The van der Waals surface area contributed by atoms with Crippen molar-refractivity contribution >= 4 is 34.6 Å². The Morgan fingerprint density at radius 3 is 2.62 bits per heavy atom. The number of rotatable bonds is 4. The number of amides is 1. The van der Waals surface area contributed by atoms with Gasteiger partial charge in [-0.3, -0.25) is 9.59 Å². The second-order valence-corrected chi connectivity index (χ2v) is 6.76. The van der Waals surface area contributed by atoms with Crippen LogP contribution in [0.3, 0.4) is 0 Å². The maximum Gasteiger partial charge on any atom is 0.228 e. The number of nitrogens with zero attached hydrogens (tertiary/aromatic N) is 2. The highest BCUT2D eigenvalue weighted by Crippen LogP contribution is 2.31. The van der Waals surface area contributed by atoms with Crippen LogP contribution in [-0.2, 0) is 4.79 Å². The average Bonchev–Trinajstić information content (AvgIpc) is 3.58. The summed E-state index contributed by atoms with van der Waals surface area (Å²) in [5.74, 6) is 6.25. The van der Waals surface area contributed by atoms with Crippen LogP contribution < -0.4 is 10.6 Å². The minimum atomic E-state index is -0.565. The minimum absolute atomic E-state index is 0.0373. The lowest BCUT2D eigenvalue weighted by molar-refractivity contribution is -0.117. The van der Waals surface area contributed by atoms with Gasteiger partial charge in [-0.2, -0.15) is 0 Å². The van der Waals surface area contributed by atoms with Gasteiger partial charge in [0.2, 0.25) is 5.91 Å². The molecule has 7 heteroatoms. The molecule has 0 aliphatic heterocycles.